The van der Waals surface area contributed by atoms with E-state index in [-0.39, 0.29) is 13.2 Å². The minimum Gasteiger partial charge on any atom is -0.754 e. The Balaban J connectivity index is 3.48. The molecular formula is C27H58NO7P. The summed E-state index contributed by atoms with van der Waals surface area (Å²) in [5, 5.41) is 0. The number of methoxy groups -OCH3 is 1. The van der Waals surface area contributed by atoms with E-state index in [1.54, 1.807) is 0 Å². The van der Waals surface area contributed by atoms with Gasteiger partial charge in [0.2, 0.25) is 0 Å². The molecule has 8 nitrogen and oxygen atoms in total. The van der Waals surface area contributed by atoms with E-state index in [2.05, 4.69) is 11.6 Å². The maximum absolute atomic E-state index is 11.7. The molecule has 0 rings (SSSR count). The maximum atomic E-state index is 11.7. The van der Waals surface area contributed by atoms with Crippen LogP contribution in [0.1, 0.15) is 110 Å². The summed E-state index contributed by atoms with van der Waals surface area (Å²) in [6.07, 6.45) is 21.1. The van der Waals surface area contributed by atoms with Crippen LogP contribution in [0.5, 0.6) is 0 Å². The van der Waals surface area contributed by atoms with E-state index in [1.165, 1.54) is 103 Å². The molecule has 0 saturated heterocycles. The molecule has 0 aromatic heterocycles. The summed E-state index contributed by atoms with van der Waals surface area (Å²) in [4.78, 5) is 16.5. The molecule has 0 N–H and O–H groups in total. The molecule has 0 heterocycles. The Hall–Kier alpha value is -0.0500. The number of ether oxygens (including phenoxy) is 2. The molecule has 0 aliphatic carbocycles. The maximum Gasteiger partial charge on any atom is 0.298 e. The van der Waals surface area contributed by atoms with Crippen LogP contribution in [-0.4, -0.2) is 71.8 Å². The van der Waals surface area contributed by atoms with E-state index >= 15 is 0 Å². The molecule has 0 aromatic carbocycles. The lowest BCUT2D eigenvalue weighted by Gasteiger charge is -2.26. The van der Waals surface area contributed by atoms with Crippen LogP contribution >= 0.6 is 7.82 Å². The molecule has 0 amide bonds. The number of phosphoric acid groups is 1. The largest absolute Gasteiger partial charge is 0.754 e. The summed E-state index contributed by atoms with van der Waals surface area (Å²) in [6.45, 7) is 3.76. The first-order chi connectivity index (χ1) is 17.2. The van der Waals surface area contributed by atoms with Gasteiger partial charge < -0.3 is 23.4 Å². The summed E-state index contributed by atoms with van der Waals surface area (Å²) >= 11 is 0. The first kappa shape index (κ1) is 35.9. The second-order valence-corrected chi connectivity index (χ2v) is 12.2. The Morgan fingerprint density at radius 1 is 0.722 bits per heavy atom. The van der Waals surface area contributed by atoms with E-state index in [4.69, 9.17) is 18.9 Å². The normalized spacial score (nSPS) is 14.7. The Kier molecular flexibility index (Phi) is 24.0. The molecule has 0 fully saturated rings. The Morgan fingerprint density at radius 2 is 1.19 bits per heavy atom. The molecule has 0 spiro atoms. The smallest absolute Gasteiger partial charge is 0.298 e. The fourth-order valence-corrected chi connectivity index (χ4v) is 4.31. The van der Waals surface area contributed by atoms with Crippen molar-refractivity contribution in [3.05, 3.63) is 0 Å². The highest BCUT2D eigenvalue weighted by molar-refractivity contribution is 7.45. The van der Waals surface area contributed by atoms with Gasteiger partial charge in [-0.05, 0) is 6.42 Å². The second-order valence-electron chi connectivity index (χ2n) is 10.9. The van der Waals surface area contributed by atoms with Crippen molar-refractivity contribution in [2.24, 2.45) is 0 Å². The van der Waals surface area contributed by atoms with Gasteiger partial charge >= 0.3 is 0 Å². The van der Waals surface area contributed by atoms with Crippen LogP contribution in [0.25, 0.3) is 0 Å². The van der Waals surface area contributed by atoms with Crippen LogP contribution in [0, 0.1) is 0 Å². The zero-order valence-electron chi connectivity index (χ0n) is 24.2. The third-order valence-electron chi connectivity index (χ3n) is 6.19. The van der Waals surface area contributed by atoms with Gasteiger partial charge in [-0.3, -0.25) is 4.57 Å². The van der Waals surface area contributed by atoms with Gasteiger partial charge in [0.15, 0.2) is 0 Å². The average molecular weight is 540 g/mol. The number of quaternary nitrogens is 1. The lowest BCUT2D eigenvalue weighted by Crippen LogP contribution is -2.37. The number of hydrogen-bond acceptors (Lipinski definition) is 7. The van der Waals surface area contributed by atoms with Crippen molar-refractivity contribution in [1.82, 2.24) is 0 Å². The van der Waals surface area contributed by atoms with Crippen molar-refractivity contribution in [1.29, 1.82) is 0 Å². The third-order valence-corrected chi connectivity index (χ3v) is 6.98. The molecule has 0 aromatic rings. The second kappa shape index (κ2) is 24.0. The van der Waals surface area contributed by atoms with E-state index < -0.39 is 13.9 Å². The SMILES string of the molecule is CCCCCCCCCCCCCCCCCCOC[C@@H](COOP(=O)([O-])OCC[N+](C)(C)C)OC. The molecule has 1 unspecified atom stereocenters. The van der Waals surface area contributed by atoms with Crippen molar-refractivity contribution in [2.45, 2.75) is 116 Å². The Bertz CT molecular complexity index is 517. The van der Waals surface area contributed by atoms with Gasteiger partial charge in [-0.2, -0.15) is 4.67 Å². The quantitative estimate of drug-likeness (QED) is 0.0373. The molecule has 0 radical (unpaired) electrons. The van der Waals surface area contributed by atoms with Crippen LogP contribution in [0.15, 0.2) is 0 Å². The number of hydrogen-bond donors (Lipinski definition) is 0. The van der Waals surface area contributed by atoms with Crippen LogP contribution in [0.3, 0.4) is 0 Å². The number of likely N-dealkylation sites (N-methyl/N-ethyl adjacent to an activating group) is 1. The van der Waals surface area contributed by atoms with E-state index in [0.29, 0.717) is 24.2 Å². The van der Waals surface area contributed by atoms with Crippen LogP contribution in [0.2, 0.25) is 0 Å². The molecule has 36 heavy (non-hydrogen) atoms. The zero-order valence-corrected chi connectivity index (χ0v) is 25.1. The highest BCUT2D eigenvalue weighted by Crippen LogP contribution is 2.38. The molecule has 0 aliphatic heterocycles. The van der Waals surface area contributed by atoms with E-state index in [0.717, 1.165) is 6.42 Å². The molecule has 0 bridgehead atoms. The van der Waals surface area contributed by atoms with Crippen LogP contribution < -0.4 is 4.89 Å². The lowest BCUT2D eigenvalue weighted by molar-refractivity contribution is -0.870. The number of phosphoric ester groups is 1. The number of nitrogens with zero attached hydrogens (tertiary/aromatic N) is 1. The van der Waals surface area contributed by atoms with Gasteiger partial charge in [-0.15, -0.1) is 0 Å². The van der Waals surface area contributed by atoms with Crippen molar-refractivity contribution < 1.29 is 37.5 Å². The topological polar surface area (TPSA) is 86.3 Å². The lowest BCUT2D eigenvalue weighted by atomic mass is 10.0. The first-order valence-electron chi connectivity index (χ1n) is 14.4. The van der Waals surface area contributed by atoms with Crippen LogP contribution in [-0.2, 0) is 28.1 Å². The van der Waals surface area contributed by atoms with E-state index in [9.17, 15) is 9.46 Å². The molecule has 218 valence electrons. The summed E-state index contributed by atoms with van der Waals surface area (Å²) in [7, 11) is 2.87. The Labute approximate surface area is 222 Å². The van der Waals surface area contributed by atoms with E-state index in [1.807, 2.05) is 21.1 Å². The van der Waals surface area contributed by atoms with Crippen molar-refractivity contribution in [3.8, 4) is 0 Å². The molecule has 0 saturated carbocycles. The minimum absolute atomic E-state index is 0.0315. The van der Waals surface area contributed by atoms with Gasteiger partial charge in [-0.25, -0.2) is 4.89 Å². The molecule has 2 atom stereocenters. The van der Waals surface area contributed by atoms with Gasteiger partial charge in [-0.1, -0.05) is 103 Å². The van der Waals surface area contributed by atoms with Gasteiger partial charge in [0.25, 0.3) is 7.82 Å². The van der Waals surface area contributed by atoms with Crippen LogP contribution in [0.4, 0.5) is 0 Å². The zero-order chi connectivity index (χ0) is 27.0. The fourth-order valence-electron chi connectivity index (χ4n) is 3.77. The highest BCUT2D eigenvalue weighted by Gasteiger charge is 2.16. The van der Waals surface area contributed by atoms with Crippen molar-refractivity contribution >= 4 is 7.82 Å². The average Bonchev–Trinajstić information content (AvgIpc) is 2.81. The standard InChI is InChI=1S/C27H58NO7P/c1-6-7-8-9-10-11-12-13-14-15-16-17-18-19-20-21-23-32-25-27(31-5)26-33-35-36(29,30)34-24-22-28(2,3)4/h27H,6-26H2,1-5H3/t27-/m0/s1. The molecular weight excluding hydrogens is 481 g/mol. The number of rotatable bonds is 28. The summed E-state index contributed by atoms with van der Waals surface area (Å²) in [5.74, 6) is 0. The van der Waals surface area contributed by atoms with Gasteiger partial charge in [0, 0.05) is 13.7 Å². The monoisotopic (exact) mass is 539 g/mol. The summed E-state index contributed by atoms with van der Waals surface area (Å²) in [5.41, 5.74) is 0. The van der Waals surface area contributed by atoms with Crippen molar-refractivity contribution in [3.63, 3.8) is 0 Å². The predicted molar refractivity (Wildman–Crippen MR) is 145 cm³/mol. The Morgan fingerprint density at radius 3 is 1.64 bits per heavy atom. The minimum atomic E-state index is -4.49. The fraction of sp³-hybridized carbons (Fsp3) is 1.00. The van der Waals surface area contributed by atoms with Crippen molar-refractivity contribution in [2.75, 3.05) is 61.2 Å². The first-order valence-corrected chi connectivity index (χ1v) is 15.8. The summed E-state index contributed by atoms with van der Waals surface area (Å²) < 4.78 is 32.4. The third kappa shape index (κ3) is 27.0. The number of unbranched alkanes of at least 4 members (excludes halogenated alkanes) is 15. The predicted octanol–water partition coefficient (Wildman–Crippen LogP) is 6.42. The summed E-state index contributed by atoms with van der Waals surface area (Å²) in [6, 6.07) is 0. The molecule has 0 aliphatic rings. The molecule has 9 heteroatoms. The van der Waals surface area contributed by atoms with Gasteiger partial charge in [0.05, 0.1) is 27.7 Å². The highest BCUT2D eigenvalue weighted by atomic mass is 31.2. The van der Waals surface area contributed by atoms with Gasteiger partial charge in [0.1, 0.15) is 25.9 Å².